The molecule has 0 N–H and O–H groups in total. The molecule has 0 unspecified atom stereocenters. The first-order valence-electron chi connectivity index (χ1n) is 9.66. The fourth-order valence-electron chi connectivity index (χ4n) is 3.02. The third kappa shape index (κ3) is 6.39. The molecule has 3 aromatic rings. The van der Waals surface area contributed by atoms with E-state index >= 15 is 0 Å². The molecular formula is C24H26O4. The molecular weight excluding hydrogens is 352 g/mol. The van der Waals surface area contributed by atoms with Crippen LogP contribution in [0.3, 0.4) is 0 Å². The second-order valence-electron chi connectivity index (χ2n) is 6.72. The van der Waals surface area contributed by atoms with Gasteiger partial charge in [-0.25, -0.2) is 0 Å². The van der Waals surface area contributed by atoms with Crippen molar-refractivity contribution in [1.29, 1.82) is 0 Å². The van der Waals surface area contributed by atoms with Gasteiger partial charge in [-0.1, -0.05) is 60.7 Å². The zero-order chi connectivity index (χ0) is 19.6. The monoisotopic (exact) mass is 378 g/mol. The maximum atomic E-state index is 11.4. The highest BCUT2D eigenvalue weighted by Crippen LogP contribution is 2.26. The van der Waals surface area contributed by atoms with Gasteiger partial charge in [0, 0.05) is 32.4 Å². The van der Waals surface area contributed by atoms with Gasteiger partial charge in [0.05, 0.1) is 6.61 Å². The van der Waals surface area contributed by atoms with Crippen molar-refractivity contribution in [3.05, 3.63) is 89.4 Å². The van der Waals surface area contributed by atoms with E-state index in [2.05, 4.69) is 24.3 Å². The second-order valence-corrected chi connectivity index (χ2v) is 6.72. The summed E-state index contributed by atoms with van der Waals surface area (Å²) in [6.45, 7) is 2.67. The Morgan fingerprint density at radius 3 is 2.25 bits per heavy atom. The van der Waals surface area contributed by atoms with E-state index in [9.17, 15) is 4.79 Å². The van der Waals surface area contributed by atoms with Gasteiger partial charge >= 0.3 is 5.97 Å². The minimum atomic E-state index is -0.334. The van der Waals surface area contributed by atoms with Crippen LogP contribution in [0, 0.1) is 0 Å². The molecule has 0 fully saturated rings. The molecule has 1 aromatic heterocycles. The number of furan rings is 1. The van der Waals surface area contributed by atoms with Gasteiger partial charge in [-0.2, -0.15) is 0 Å². The molecule has 0 atom stereocenters. The van der Waals surface area contributed by atoms with E-state index in [0.29, 0.717) is 25.4 Å². The smallest absolute Gasteiger partial charge is 0.308 e. The van der Waals surface area contributed by atoms with Gasteiger partial charge in [0.15, 0.2) is 5.75 Å². The zero-order valence-electron chi connectivity index (χ0n) is 16.2. The third-order valence-corrected chi connectivity index (χ3v) is 4.38. The van der Waals surface area contributed by atoms with Gasteiger partial charge in [0.2, 0.25) is 0 Å². The molecule has 0 spiro atoms. The van der Waals surface area contributed by atoms with Gasteiger partial charge < -0.3 is 13.9 Å². The van der Waals surface area contributed by atoms with Crippen LogP contribution in [0.1, 0.15) is 36.0 Å². The predicted molar refractivity (Wildman–Crippen MR) is 108 cm³/mol. The Kier molecular flexibility index (Phi) is 7.44. The summed E-state index contributed by atoms with van der Waals surface area (Å²) in [5.41, 5.74) is 2.39. The molecule has 28 heavy (non-hydrogen) atoms. The lowest BCUT2D eigenvalue weighted by molar-refractivity contribution is -0.132. The van der Waals surface area contributed by atoms with Crippen LogP contribution in [0.15, 0.2) is 71.1 Å². The van der Waals surface area contributed by atoms with Crippen molar-refractivity contribution in [1.82, 2.24) is 0 Å². The topological polar surface area (TPSA) is 48.7 Å². The number of ether oxygens (including phenoxy) is 2. The van der Waals surface area contributed by atoms with Crippen LogP contribution in [0.5, 0.6) is 5.75 Å². The summed E-state index contributed by atoms with van der Waals surface area (Å²) in [5, 5.41) is 0. The highest BCUT2D eigenvalue weighted by molar-refractivity contribution is 5.69. The SMILES string of the molecule is CC(=O)Oc1cc(CCCOCc2ccccc2)oc1CCc1ccccc1. The first-order valence-corrected chi connectivity index (χ1v) is 9.66. The van der Waals surface area contributed by atoms with E-state index in [0.717, 1.165) is 30.8 Å². The van der Waals surface area contributed by atoms with Crippen LogP contribution < -0.4 is 4.74 Å². The van der Waals surface area contributed by atoms with E-state index in [1.165, 1.54) is 18.1 Å². The zero-order valence-corrected chi connectivity index (χ0v) is 16.2. The lowest BCUT2D eigenvalue weighted by Gasteiger charge is -2.03. The fourth-order valence-corrected chi connectivity index (χ4v) is 3.02. The van der Waals surface area contributed by atoms with Gasteiger partial charge in [-0.05, 0) is 24.0 Å². The molecule has 0 radical (unpaired) electrons. The number of esters is 1. The summed E-state index contributed by atoms with van der Waals surface area (Å²) >= 11 is 0. The standard InChI is InChI=1S/C24H26O4/c1-19(25)27-24-17-22(13-8-16-26-18-21-11-6-3-7-12-21)28-23(24)15-14-20-9-4-2-5-10-20/h2-7,9-12,17H,8,13-16,18H2,1H3. The lowest BCUT2D eigenvalue weighted by atomic mass is 10.1. The van der Waals surface area contributed by atoms with Gasteiger partial charge in [0.25, 0.3) is 0 Å². The maximum Gasteiger partial charge on any atom is 0.308 e. The van der Waals surface area contributed by atoms with Crippen molar-refractivity contribution in [2.24, 2.45) is 0 Å². The molecule has 0 amide bonds. The van der Waals surface area contributed by atoms with E-state index in [1.807, 2.05) is 42.5 Å². The van der Waals surface area contributed by atoms with Crippen LogP contribution in [-0.2, 0) is 35.4 Å². The summed E-state index contributed by atoms with van der Waals surface area (Å²) in [4.78, 5) is 11.4. The van der Waals surface area contributed by atoms with Gasteiger partial charge in [-0.3, -0.25) is 4.79 Å². The van der Waals surface area contributed by atoms with Crippen LogP contribution in [-0.4, -0.2) is 12.6 Å². The van der Waals surface area contributed by atoms with E-state index in [-0.39, 0.29) is 5.97 Å². The molecule has 3 rings (SSSR count). The van der Waals surface area contributed by atoms with Gasteiger partial charge in [0.1, 0.15) is 11.5 Å². The fraction of sp³-hybridized carbons (Fsp3) is 0.292. The van der Waals surface area contributed by atoms with E-state index < -0.39 is 0 Å². The second kappa shape index (κ2) is 10.5. The van der Waals surface area contributed by atoms with E-state index in [4.69, 9.17) is 13.9 Å². The van der Waals surface area contributed by atoms with Crippen molar-refractivity contribution in [2.75, 3.05) is 6.61 Å². The van der Waals surface area contributed by atoms with Crippen LogP contribution in [0.4, 0.5) is 0 Å². The first-order chi connectivity index (χ1) is 13.7. The Bertz CT molecular complexity index is 853. The largest absolute Gasteiger partial charge is 0.462 e. The maximum absolute atomic E-state index is 11.4. The Morgan fingerprint density at radius 2 is 1.57 bits per heavy atom. The summed E-state index contributed by atoms with van der Waals surface area (Å²) in [5.74, 6) is 1.74. The molecule has 0 bridgehead atoms. The Labute approximate surface area is 166 Å². The molecule has 0 aliphatic carbocycles. The lowest BCUT2D eigenvalue weighted by Crippen LogP contribution is -2.02. The quantitative estimate of drug-likeness (QED) is 0.362. The average molecular weight is 378 g/mol. The number of hydrogen-bond donors (Lipinski definition) is 0. The van der Waals surface area contributed by atoms with Crippen molar-refractivity contribution in [3.8, 4) is 5.75 Å². The Balaban J connectivity index is 1.50. The minimum absolute atomic E-state index is 0.334. The van der Waals surface area contributed by atoms with Crippen molar-refractivity contribution < 1.29 is 18.7 Å². The van der Waals surface area contributed by atoms with Crippen LogP contribution in [0.25, 0.3) is 0 Å². The molecule has 4 heteroatoms. The van der Waals surface area contributed by atoms with Crippen molar-refractivity contribution in [3.63, 3.8) is 0 Å². The number of aryl methyl sites for hydroxylation is 3. The number of rotatable bonds is 10. The van der Waals surface area contributed by atoms with Crippen molar-refractivity contribution in [2.45, 2.75) is 39.2 Å². The summed E-state index contributed by atoms with van der Waals surface area (Å²) in [7, 11) is 0. The molecule has 1 heterocycles. The number of hydrogen-bond acceptors (Lipinski definition) is 4. The molecule has 0 saturated carbocycles. The normalized spacial score (nSPS) is 10.8. The van der Waals surface area contributed by atoms with Crippen LogP contribution in [0.2, 0.25) is 0 Å². The summed E-state index contributed by atoms with van der Waals surface area (Å²) in [6, 6.07) is 22.2. The molecule has 2 aromatic carbocycles. The summed E-state index contributed by atoms with van der Waals surface area (Å²) in [6.07, 6.45) is 3.12. The highest BCUT2D eigenvalue weighted by Gasteiger charge is 2.14. The third-order valence-electron chi connectivity index (χ3n) is 4.38. The molecule has 0 aliphatic rings. The predicted octanol–water partition coefficient (Wildman–Crippen LogP) is 5.14. The van der Waals surface area contributed by atoms with Crippen molar-refractivity contribution >= 4 is 5.97 Å². The number of carbonyl (C=O) groups excluding carboxylic acids is 1. The molecule has 0 aliphatic heterocycles. The Hall–Kier alpha value is -2.85. The first kappa shape index (κ1) is 19.9. The highest BCUT2D eigenvalue weighted by atomic mass is 16.5. The van der Waals surface area contributed by atoms with Crippen LogP contribution >= 0.6 is 0 Å². The summed E-state index contributed by atoms with van der Waals surface area (Å²) < 4.78 is 17.0. The Morgan fingerprint density at radius 1 is 0.893 bits per heavy atom. The van der Waals surface area contributed by atoms with Gasteiger partial charge in [-0.15, -0.1) is 0 Å². The van der Waals surface area contributed by atoms with E-state index in [1.54, 1.807) is 0 Å². The average Bonchev–Trinajstić information content (AvgIpc) is 3.08. The molecule has 146 valence electrons. The number of carbonyl (C=O) groups is 1. The molecule has 4 nitrogen and oxygen atoms in total. The molecule has 0 saturated heterocycles. The number of benzene rings is 2. The minimum Gasteiger partial charge on any atom is -0.462 e.